The Hall–Kier alpha value is -1.64. The Labute approximate surface area is 114 Å². The highest BCUT2D eigenvalue weighted by molar-refractivity contribution is 5.32. The van der Waals surface area contributed by atoms with Crippen molar-refractivity contribution in [2.75, 3.05) is 13.1 Å². The summed E-state index contributed by atoms with van der Waals surface area (Å²) in [5.41, 5.74) is 1.17. The minimum absolute atomic E-state index is 0.0205. The average molecular weight is 260 g/mol. The number of ether oxygens (including phenoxy) is 1. The standard InChI is InChI=1S/C15H20N2O2/c1-15(2)11-17(16-12-18)9-8-14(15)19-10-13-6-4-3-5-7-13/h3-7,14H,8-11H2,1-2H3. The van der Waals surface area contributed by atoms with Crippen LogP contribution in [0.25, 0.3) is 0 Å². The van der Waals surface area contributed by atoms with Crippen molar-refractivity contribution in [3.8, 4) is 0 Å². The maximum atomic E-state index is 10.3. The Morgan fingerprint density at radius 1 is 1.42 bits per heavy atom. The summed E-state index contributed by atoms with van der Waals surface area (Å²) >= 11 is 0. The number of nitrogens with zero attached hydrogens (tertiary/aromatic N) is 2. The fourth-order valence-electron chi connectivity index (χ4n) is 2.53. The first-order valence-corrected chi connectivity index (χ1v) is 6.60. The van der Waals surface area contributed by atoms with Gasteiger partial charge in [-0.15, -0.1) is 0 Å². The van der Waals surface area contributed by atoms with Crippen LogP contribution in [-0.2, 0) is 16.1 Å². The van der Waals surface area contributed by atoms with Gasteiger partial charge in [0.2, 0.25) is 0 Å². The van der Waals surface area contributed by atoms with Crippen LogP contribution in [0.15, 0.2) is 35.4 Å². The highest BCUT2D eigenvalue weighted by atomic mass is 16.5. The summed E-state index contributed by atoms with van der Waals surface area (Å²) in [5.74, 6) is 0. The smallest absolute Gasteiger partial charge is 0.258 e. The van der Waals surface area contributed by atoms with E-state index in [0.29, 0.717) is 6.61 Å². The molecular formula is C15H20N2O2. The van der Waals surface area contributed by atoms with E-state index in [1.54, 1.807) is 11.1 Å². The molecule has 0 saturated carbocycles. The summed E-state index contributed by atoms with van der Waals surface area (Å²) in [5, 5.41) is 5.48. The Kier molecular flexibility index (Phi) is 4.35. The molecule has 102 valence electrons. The molecule has 1 aliphatic rings. The van der Waals surface area contributed by atoms with Crippen LogP contribution in [0.2, 0.25) is 0 Å². The Bertz CT molecular complexity index is 452. The van der Waals surface area contributed by atoms with Gasteiger partial charge < -0.3 is 4.74 Å². The van der Waals surface area contributed by atoms with E-state index in [1.165, 1.54) is 5.56 Å². The molecule has 1 aromatic carbocycles. The molecule has 19 heavy (non-hydrogen) atoms. The first kappa shape index (κ1) is 13.8. The van der Waals surface area contributed by atoms with Crippen molar-refractivity contribution in [2.45, 2.75) is 33.0 Å². The minimum atomic E-state index is -0.0205. The Morgan fingerprint density at radius 2 is 2.16 bits per heavy atom. The predicted octanol–water partition coefficient (Wildman–Crippen LogP) is 2.55. The van der Waals surface area contributed by atoms with E-state index in [-0.39, 0.29) is 11.5 Å². The van der Waals surface area contributed by atoms with E-state index in [2.05, 4.69) is 31.1 Å². The Balaban J connectivity index is 1.92. The molecule has 0 aromatic heterocycles. The van der Waals surface area contributed by atoms with Crippen molar-refractivity contribution in [3.05, 3.63) is 35.9 Å². The summed E-state index contributed by atoms with van der Waals surface area (Å²) in [6.07, 6.45) is 2.67. The maximum Gasteiger partial charge on any atom is 0.258 e. The molecule has 0 bridgehead atoms. The number of rotatable bonds is 4. The number of carbonyl (C=O) groups excluding carboxylic acids is 1. The van der Waals surface area contributed by atoms with E-state index in [4.69, 9.17) is 4.74 Å². The summed E-state index contributed by atoms with van der Waals surface area (Å²) < 4.78 is 6.04. The van der Waals surface area contributed by atoms with Crippen molar-refractivity contribution in [3.63, 3.8) is 0 Å². The first-order valence-electron chi connectivity index (χ1n) is 6.60. The third-order valence-electron chi connectivity index (χ3n) is 3.59. The zero-order chi connectivity index (χ0) is 13.7. The largest absolute Gasteiger partial charge is 0.373 e. The van der Waals surface area contributed by atoms with Gasteiger partial charge in [-0.05, 0) is 12.0 Å². The molecule has 0 radical (unpaired) electrons. The van der Waals surface area contributed by atoms with Gasteiger partial charge in [0.15, 0.2) is 0 Å². The van der Waals surface area contributed by atoms with Gasteiger partial charge in [0.1, 0.15) is 0 Å². The zero-order valence-corrected chi connectivity index (χ0v) is 11.5. The molecule has 0 amide bonds. The molecule has 1 fully saturated rings. The van der Waals surface area contributed by atoms with Crippen LogP contribution >= 0.6 is 0 Å². The van der Waals surface area contributed by atoms with Gasteiger partial charge in [-0.2, -0.15) is 0 Å². The van der Waals surface area contributed by atoms with Gasteiger partial charge in [-0.3, -0.25) is 5.01 Å². The molecule has 0 N–H and O–H groups in total. The van der Waals surface area contributed by atoms with E-state index in [9.17, 15) is 4.79 Å². The van der Waals surface area contributed by atoms with E-state index < -0.39 is 0 Å². The van der Waals surface area contributed by atoms with Crippen molar-refractivity contribution < 1.29 is 9.53 Å². The lowest BCUT2D eigenvalue weighted by Crippen LogP contribution is -2.47. The minimum Gasteiger partial charge on any atom is -0.373 e. The molecular weight excluding hydrogens is 240 g/mol. The lowest BCUT2D eigenvalue weighted by molar-refractivity contribution is -0.0804. The maximum absolute atomic E-state index is 10.3. The van der Waals surface area contributed by atoms with E-state index in [0.717, 1.165) is 19.5 Å². The number of hydrogen-bond acceptors (Lipinski definition) is 4. The van der Waals surface area contributed by atoms with Crippen molar-refractivity contribution >= 4 is 6.08 Å². The van der Waals surface area contributed by atoms with Gasteiger partial charge in [-0.1, -0.05) is 49.3 Å². The van der Waals surface area contributed by atoms with Crippen molar-refractivity contribution in [1.29, 1.82) is 0 Å². The van der Waals surface area contributed by atoms with Crippen LogP contribution < -0.4 is 0 Å². The molecule has 4 heteroatoms. The van der Waals surface area contributed by atoms with E-state index in [1.807, 2.05) is 18.2 Å². The molecule has 1 heterocycles. The normalized spacial score (nSPS) is 21.8. The number of hydrazone groups is 1. The van der Waals surface area contributed by atoms with Gasteiger partial charge in [-0.25, -0.2) is 4.79 Å². The molecule has 0 spiro atoms. The molecule has 0 aliphatic carbocycles. The summed E-state index contributed by atoms with van der Waals surface area (Å²) in [4.78, 5) is 10.3. The first-order chi connectivity index (χ1) is 9.12. The molecule has 2 rings (SSSR count). The summed E-state index contributed by atoms with van der Waals surface area (Å²) in [6.45, 7) is 6.40. The fraction of sp³-hybridized carbons (Fsp3) is 0.533. The van der Waals surface area contributed by atoms with Crippen LogP contribution in [-0.4, -0.2) is 30.3 Å². The highest BCUT2D eigenvalue weighted by Crippen LogP contribution is 2.32. The topological polar surface area (TPSA) is 41.9 Å². The van der Waals surface area contributed by atoms with Gasteiger partial charge in [0.05, 0.1) is 12.7 Å². The van der Waals surface area contributed by atoms with E-state index >= 15 is 0 Å². The van der Waals surface area contributed by atoms with Crippen LogP contribution in [0.5, 0.6) is 0 Å². The van der Waals surface area contributed by atoms with Gasteiger partial charge in [0.25, 0.3) is 6.08 Å². The third kappa shape index (κ3) is 3.66. The number of piperidine rings is 1. The second kappa shape index (κ2) is 6.00. The SMILES string of the molecule is CC1(C)CN(N=C=O)CCC1OCc1ccccc1. The second-order valence-corrected chi connectivity index (χ2v) is 5.64. The predicted molar refractivity (Wildman–Crippen MR) is 73.1 cm³/mol. The molecule has 1 aliphatic heterocycles. The lowest BCUT2D eigenvalue weighted by Gasteiger charge is -2.42. The summed E-state index contributed by atoms with van der Waals surface area (Å²) in [7, 11) is 0. The lowest BCUT2D eigenvalue weighted by atomic mass is 9.81. The van der Waals surface area contributed by atoms with Gasteiger partial charge >= 0.3 is 0 Å². The third-order valence-corrected chi connectivity index (χ3v) is 3.59. The quantitative estimate of drug-likeness (QED) is 0.617. The van der Waals surface area contributed by atoms with Crippen molar-refractivity contribution in [1.82, 2.24) is 5.01 Å². The van der Waals surface area contributed by atoms with Crippen molar-refractivity contribution in [2.24, 2.45) is 10.5 Å². The monoisotopic (exact) mass is 260 g/mol. The number of hydrogen-bond donors (Lipinski definition) is 0. The molecule has 1 atom stereocenters. The highest BCUT2D eigenvalue weighted by Gasteiger charge is 2.36. The average Bonchev–Trinajstić information content (AvgIpc) is 2.38. The van der Waals surface area contributed by atoms with Gasteiger partial charge in [0, 0.05) is 18.5 Å². The molecule has 1 saturated heterocycles. The fourth-order valence-corrected chi connectivity index (χ4v) is 2.53. The molecule has 4 nitrogen and oxygen atoms in total. The number of benzene rings is 1. The molecule has 1 aromatic rings. The summed E-state index contributed by atoms with van der Waals surface area (Å²) in [6, 6.07) is 10.2. The molecule has 1 unspecified atom stereocenters. The van der Waals surface area contributed by atoms with Crippen LogP contribution in [0.3, 0.4) is 0 Å². The van der Waals surface area contributed by atoms with Crippen LogP contribution in [0, 0.1) is 5.41 Å². The zero-order valence-electron chi connectivity index (χ0n) is 11.5. The second-order valence-electron chi connectivity index (χ2n) is 5.64. The number of isocyanates is 1. The van der Waals surface area contributed by atoms with Crippen LogP contribution in [0.1, 0.15) is 25.8 Å². The van der Waals surface area contributed by atoms with Crippen LogP contribution in [0.4, 0.5) is 0 Å². The Morgan fingerprint density at radius 3 is 2.79 bits per heavy atom.